The van der Waals surface area contributed by atoms with Gasteiger partial charge in [-0.2, -0.15) is 4.31 Å². The zero-order valence-corrected chi connectivity index (χ0v) is 19.2. The van der Waals surface area contributed by atoms with Crippen molar-refractivity contribution in [2.24, 2.45) is 0 Å². The van der Waals surface area contributed by atoms with Gasteiger partial charge in [0.1, 0.15) is 18.3 Å². The molecule has 2 saturated heterocycles. The van der Waals surface area contributed by atoms with Crippen molar-refractivity contribution >= 4 is 27.9 Å². The third-order valence-corrected chi connectivity index (χ3v) is 7.52. The molecular weight excluding hydrogens is 452 g/mol. The molecule has 180 valence electrons. The molecule has 4 amide bonds. The van der Waals surface area contributed by atoms with Gasteiger partial charge >= 0.3 is 6.03 Å². The molecule has 3 rings (SSSR count). The van der Waals surface area contributed by atoms with E-state index in [1.54, 1.807) is 0 Å². The molecule has 2 atom stereocenters. The molecule has 0 saturated carbocycles. The summed E-state index contributed by atoms with van der Waals surface area (Å²) in [6, 6.07) is 3.08. The van der Waals surface area contributed by atoms with Crippen molar-refractivity contribution in [2.75, 3.05) is 26.2 Å². The highest BCUT2D eigenvalue weighted by atomic mass is 32.2. The Morgan fingerprint density at radius 1 is 1.30 bits per heavy atom. The highest BCUT2D eigenvalue weighted by Gasteiger charge is 2.50. The summed E-state index contributed by atoms with van der Waals surface area (Å²) in [5.74, 6) is -0.910. The monoisotopic (exact) mass is 480 g/mol. The number of carbonyl (C=O) groups is 3. The molecule has 0 unspecified atom stereocenters. The minimum Gasteiger partial charge on any atom is -0.494 e. The molecule has 11 nitrogen and oxygen atoms in total. The van der Waals surface area contributed by atoms with Crippen LogP contribution in [0.3, 0.4) is 0 Å². The van der Waals surface area contributed by atoms with Crippen molar-refractivity contribution in [2.45, 2.75) is 43.2 Å². The minimum absolute atomic E-state index is 0.0749. The van der Waals surface area contributed by atoms with Crippen molar-refractivity contribution in [3.8, 4) is 5.75 Å². The van der Waals surface area contributed by atoms with Crippen LogP contribution in [0.25, 0.3) is 0 Å². The van der Waals surface area contributed by atoms with Gasteiger partial charge in [0.2, 0.25) is 10.0 Å². The molecule has 2 aliphatic rings. The van der Waals surface area contributed by atoms with E-state index in [1.807, 2.05) is 6.92 Å². The summed E-state index contributed by atoms with van der Waals surface area (Å²) in [5, 5.41) is 9.15. The molecule has 2 heterocycles. The van der Waals surface area contributed by atoms with Gasteiger partial charge < -0.3 is 9.64 Å². The van der Waals surface area contributed by atoms with Crippen LogP contribution in [0.1, 0.15) is 26.2 Å². The van der Waals surface area contributed by atoms with Gasteiger partial charge in [0.05, 0.1) is 17.5 Å². The Labute approximate surface area is 192 Å². The number of rotatable bonds is 10. The summed E-state index contributed by atoms with van der Waals surface area (Å²) in [7, 11) is -4.18. The lowest BCUT2D eigenvalue weighted by Crippen LogP contribution is -2.45. The Balaban J connectivity index is 1.84. The Morgan fingerprint density at radius 2 is 2.00 bits per heavy atom. The highest BCUT2D eigenvalue weighted by Crippen LogP contribution is 2.31. The summed E-state index contributed by atoms with van der Waals surface area (Å²) in [4.78, 5) is 39.6. The summed E-state index contributed by atoms with van der Waals surface area (Å²) >= 11 is 0. The fraction of sp³-hybridized carbons (Fsp3) is 0.476. The third-order valence-electron chi connectivity index (χ3n) is 5.63. The minimum atomic E-state index is -4.18. The number of carbonyl (C=O) groups excluding carboxylic acids is 3. The summed E-state index contributed by atoms with van der Waals surface area (Å²) in [6.45, 7) is 5.85. The number of amides is 4. The Hall–Kier alpha value is -2.96. The first-order valence-corrected chi connectivity index (χ1v) is 12.1. The molecule has 2 N–H and O–H groups in total. The average molecular weight is 481 g/mol. The van der Waals surface area contributed by atoms with Crippen LogP contribution in [-0.2, 0) is 19.6 Å². The Kier molecular flexibility index (Phi) is 7.72. The first-order valence-electron chi connectivity index (χ1n) is 10.6. The second-order valence-corrected chi connectivity index (χ2v) is 9.74. The van der Waals surface area contributed by atoms with E-state index in [0.29, 0.717) is 12.4 Å². The molecule has 33 heavy (non-hydrogen) atoms. The first kappa shape index (κ1) is 24.7. The Morgan fingerprint density at radius 3 is 2.61 bits per heavy atom. The predicted octanol–water partition coefficient (Wildman–Crippen LogP) is 0.953. The topological polar surface area (TPSA) is 137 Å². The molecule has 0 bridgehead atoms. The lowest BCUT2D eigenvalue weighted by molar-refractivity contribution is -0.132. The van der Waals surface area contributed by atoms with E-state index in [2.05, 4.69) is 6.58 Å². The van der Waals surface area contributed by atoms with E-state index >= 15 is 0 Å². The van der Waals surface area contributed by atoms with Gasteiger partial charge in [0, 0.05) is 13.1 Å². The van der Waals surface area contributed by atoms with Gasteiger partial charge in [-0.1, -0.05) is 19.4 Å². The summed E-state index contributed by atoms with van der Waals surface area (Å²) < 4.78 is 33.1. The van der Waals surface area contributed by atoms with Crippen LogP contribution in [0.5, 0.6) is 5.75 Å². The molecule has 0 radical (unpaired) electrons. The van der Waals surface area contributed by atoms with E-state index in [9.17, 15) is 22.8 Å². The second-order valence-electron chi connectivity index (χ2n) is 7.85. The van der Waals surface area contributed by atoms with E-state index in [4.69, 9.17) is 9.94 Å². The maximum absolute atomic E-state index is 13.3. The van der Waals surface area contributed by atoms with Crippen molar-refractivity contribution in [1.82, 2.24) is 19.6 Å². The molecule has 12 heteroatoms. The Bertz CT molecular complexity index is 1010. The number of hydroxylamine groups is 1. The first-order chi connectivity index (χ1) is 15.7. The van der Waals surface area contributed by atoms with Crippen LogP contribution in [-0.4, -0.2) is 83.9 Å². The largest absolute Gasteiger partial charge is 0.494 e. The molecule has 0 spiro atoms. The van der Waals surface area contributed by atoms with Crippen LogP contribution in [0, 0.1) is 0 Å². The van der Waals surface area contributed by atoms with Gasteiger partial charge in [-0.15, -0.1) is 6.58 Å². The third kappa shape index (κ3) is 5.02. The van der Waals surface area contributed by atoms with E-state index < -0.39 is 40.0 Å². The van der Waals surface area contributed by atoms with Crippen molar-refractivity contribution < 1.29 is 32.7 Å². The molecular formula is C21H28N4O7S. The molecule has 1 aromatic rings. The SMILES string of the molecule is C=CCN1CC(=O)N([C@H]2C[C@H](C(=O)NO)N(S(=O)(=O)c3ccc(OCCCC)cc3)C2)C1=O. The van der Waals surface area contributed by atoms with Crippen LogP contribution in [0.2, 0.25) is 0 Å². The van der Waals surface area contributed by atoms with Gasteiger partial charge in [0.15, 0.2) is 0 Å². The maximum atomic E-state index is 13.3. The fourth-order valence-corrected chi connectivity index (χ4v) is 5.59. The molecule has 2 aliphatic heterocycles. The summed E-state index contributed by atoms with van der Waals surface area (Å²) in [5.41, 5.74) is 1.48. The quantitative estimate of drug-likeness (QED) is 0.167. The number of hydrogen-bond donors (Lipinski definition) is 2. The normalized spacial score (nSPS) is 21.5. The zero-order valence-electron chi connectivity index (χ0n) is 18.3. The number of imide groups is 1. The second kappa shape index (κ2) is 10.3. The van der Waals surface area contributed by atoms with Crippen LogP contribution >= 0.6 is 0 Å². The lowest BCUT2D eigenvalue weighted by atomic mass is 10.1. The number of unbranched alkanes of at least 4 members (excludes halogenated alkanes) is 1. The summed E-state index contributed by atoms with van der Waals surface area (Å²) in [6.07, 6.45) is 3.18. The van der Waals surface area contributed by atoms with Gasteiger partial charge in [-0.05, 0) is 37.1 Å². The predicted molar refractivity (Wildman–Crippen MR) is 117 cm³/mol. The fourth-order valence-electron chi connectivity index (χ4n) is 3.95. The van der Waals surface area contributed by atoms with Crippen LogP contribution in [0.4, 0.5) is 4.79 Å². The van der Waals surface area contributed by atoms with Crippen molar-refractivity contribution in [3.05, 3.63) is 36.9 Å². The van der Waals surface area contributed by atoms with E-state index in [-0.39, 0.29) is 31.0 Å². The van der Waals surface area contributed by atoms with Crippen LogP contribution < -0.4 is 10.2 Å². The van der Waals surface area contributed by atoms with Crippen molar-refractivity contribution in [3.63, 3.8) is 0 Å². The van der Waals surface area contributed by atoms with Crippen molar-refractivity contribution in [1.29, 1.82) is 0 Å². The number of ether oxygens (including phenoxy) is 1. The molecule has 2 fully saturated rings. The number of hydrogen-bond acceptors (Lipinski definition) is 7. The number of urea groups is 1. The molecule has 1 aromatic carbocycles. The number of sulfonamides is 1. The number of nitrogens with one attached hydrogen (secondary N) is 1. The number of nitrogens with zero attached hydrogens (tertiary/aromatic N) is 3. The zero-order chi connectivity index (χ0) is 24.2. The van der Waals surface area contributed by atoms with Crippen LogP contribution in [0.15, 0.2) is 41.8 Å². The molecule has 0 aliphatic carbocycles. The smallest absolute Gasteiger partial charge is 0.327 e. The number of benzene rings is 1. The lowest BCUT2D eigenvalue weighted by Gasteiger charge is -2.23. The van der Waals surface area contributed by atoms with Gasteiger partial charge in [-0.25, -0.2) is 18.7 Å². The standard InChI is InChI=1S/C21H28N4O7S/c1-3-5-11-32-16-6-8-17(9-7-16)33(30,31)24-13-15(12-18(24)20(27)22-29)25-19(26)14-23(10-4-2)21(25)28/h4,6-9,15,18,29H,2-3,5,10-14H2,1H3,(H,22,27)/t15-,18+/m0/s1. The van der Waals surface area contributed by atoms with Gasteiger partial charge in [-0.3, -0.25) is 19.7 Å². The average Bonchev–Trinajstić information content (AvgIpc) is 3.35. The van der Waals surface area contributed by atoms with E-state index in [1.165, 1.54) is 40.7 Å². The molecule has 0 aromatic heterocycles. The van der Waals surface area contributed by atoms with Gasteiger partial charge in [0.25, 0.3) is 11.8 Å². The maximum Gasteiger partial charge on any atom is 0.327 e. The highest BCUT2D eigenvalue weighted by molar-refractivity contribution is 7.89. The van der Waals surface area contributed by atoms with E-state index in [0.717, 1.165) is 22.0 Å².